The van der Waals surface area contributed by atoms with Crippen molar-refractivity contribution in [2.24, 2.45) is 11.3 Å². The Kier molecular flexibility index (Phi) is 4.42. The Bertz CT molecular complexity index is 529. The predicted molar refractivity (Wildman–Crippen MR) is 79.5 cm³/mol. The van der Waals surface area contributed by atoms with Crippen LogP contribution < -0.4 is 4.74 Å². The molecule has 21 heavy (non-hydrogen) atoms. The number of likely N-dealkylation sites (tertiary alicyclic amines) is 1. The van der Waals surface area contributed by atoms with Gasteiger partial charge in [-0.15, -0.1) is 0 Å². The quantitative estimate of drug-likeness (QED) is 0.872. The Morgan fingerprint density at radius 1 is 1.48 bits per heavy atom. The van der Waals surface area contributed by atoms with Gasteiger partial charge < -0.3 is 14.9 Å². The molecule has 1 unspecified atom stereocenters. The number of carboxylic acid groups (broad SMARTS) is 1. The van der Waals surface area contributed by atoms with Crippen LogP contribution in [0.4, 0.5) is 0 Å². The predicted octanol–water partition coefficient (Wildman–Crippen LogP) is 2.33. The number of benzene rings is 1. The van der Waals surface area contributed by atoms with E-state index in [-0.39, 0.29) is 11.7 Å². The Balaban J connectivity index is 2.14. The maximum absolute atomic E-state index is 11.6. The van der Waals surface area contributed by atoms with E-state index in [1.54, 1.807) is 25.3 Å². The lowest BCUT2D eigenvalue weighted by molar-refractivity contribution is -0.151. The molecule has 0 bridgehead atoms. The molecule has 0 saturated carbocycles. The fraction of sp³-hybridized carbons (Fsp3) is 0.562. The number of phenolic OH excluding ortho intramolecular Hbond substituents is 1. The molecule has 0 aromatic heterocycles. The highest BCUT2D eigenvalue weighted by Gasteiger charge is 2.47. The summed E-state index contributed by atoms with van der Waals surface area (Å²) < 4.78 is 5.17. The van der Waals surface area contributed by atoms with Crippen LogP contribution in [0.1, 0.15) is 25.8 Å². The van der Waals surface area contributed by atoms with Gasteiger partial charge in [0.1, 0.15) is 11.5 Å². The van der Waals surface area contributed by atoms with Gasteiger partial charge in [-0.25, -0.2) is 0 Å². The van der Waals surface area contributed by atoms with Crippen molar-refractivity contribution in [1.82, 2.24) is 4.90 Å². The molecule has 1 heterocycles. The molecule has 116 valence electrons. The Morgan fingerprint density at radius 2 is 2.19 bits per heavy atom. The molecule has 1 atom stereocenters. The van der Waals surface area contributed by atoms with Crippen molar-refractivity contribution in [2.75, 3.05) is 20.2 Å². The lowest BCUT2D eigenvalue weighted by Crippen LogP contribution is -2.39. The SMILES string of the molecule is COc1ccc(O)c(CN2CCC(C(=O)O)(C(C)C)C2)c1. The zero-order valence-electron chi connectivity index (χ0n) is 12.8. The van der Waals surface area contributed by atoms with Crippen LogP contribution in [0.3, 0.4) is 0 Å². The minimum atomic E-state index is -0.727. The summed E-state index contributed by atoms with van der Waals surface area (Å²) in [6.45, 7) is 5.68. The van der Waals surface area contributed by atoms with Crippen LogP contribution in [0.15, 0.2) is 18.2 Å². The molecule has 0 radical (unpaired) electrons. The van der Waals surface area contributed by atoms with Gasteiger partial charge in [-0.2, -0.15) is 0 Å². The Morgan fingerprint density at radius 3 is 2.71 bits per heavy atom. The average Bonchev–Trinajstić information content (AvgIpc) is 2.87. The third-order valence-corrected chi connectivity index (χ3v) is 4.59. The van der Waals surface area contributed by atoms with Crippen LogP contribution >= 0.6 is 0 Å². The summed E-state index contributed by atoms with van der Waals surface area (Å²) in [7, 11) is 1.58. The summed E-state index contributed by atoms with van der Waals surface area (Å²) >= 11 is 0. The molecule has 1 aromatic carbocycles. The van der Waals surface area contributed by atoms with E-state index in [0.717, 1.165) is 12.1 Å². The van der Waals surface area contributed by atoms with E-state index >= 15 is 0 Å². The zero-order chi connectivity index (χ0) is 15.6. The summed E-state index contributed by atoms with van der Waals surface area (Å²) in [6, 6.07) is 5.11. The summed E-state index contributed by atoms with van der Waals surface area (Å²) in [4.78, 5) is 13.7. The van der Waals surface area contributed by atoms with Crippen molar-refractivity contribution >= 4 is 5.97 Å². The number of aromatic hydroxyl groups is 1. The molecule has 1 aromatic rings. The number of nitrogens with zero attached hydrogens (tertiary/aromatic N) is 1. The second-order valence-corrected chi connectivity index (χ2v) is 6.07. The molecule has 2 N–H and O–H groups in total. The van der Waals surface area contributed by atoms with Crippen LogP contribution in [-0.2, 0) is 11.3 Å². The standard InChI is InChI=1S/C16H23NO4/c1-11(2)16(15(19)20)6-7-17(10-16)9-12-8-13(21-3)4-5-14(12)18/h4-5,8,11,18H,6-7,9-10H2,1-3H3,(H,19,20). The first-order chi connectivity index (χ1) is 9.89. The number of hydrogen-bond acceptors (Lipinski definition) is 4. The third kappa shape index (κ3) is 2.97. The number of hydrogen-bond donors (Lipinski definition) is 2. The van der Waals surface area contributed by atoms with Crippen LogP contribution in [0.25, 0.3) is 0 Å². The molecule has 0 spiro atoms. The molecular weight excluding hydrogens is 270 g/mol. The minimum Gasteiger partial charge on any atom is -0.508 e. The molecule has 0 aliphatic carbocycles. The number of rotatable bonds is 5. The van der Waals surface area contributed by atoms with E-state index in [2.05, 4.69) is 4.90 Å². The fourth-order valence-corrected chi connectivity index (χ4v) is 3.00. The van der Waals surface area contributed by atoms with Gasteiger partial charge in [-0.05, 0) is 37.1 Å². The lowest BCUT2D eigenvalue weighted by atomic mass is 9.76. The zero-order valence-corrected chi connectivity index (χ0v) is 12.8. The van der Waals surface area contributed by atoms with Crippen molar-refractivity contribution in [3.63, 3.8) is 0 Å². The van der Waals surface area contributed by atoms with Crippen molar-refractivity contribution in [2.45, 2.75) is 26.8 Å². The summed E-state index contributed by atoms with van der Waals surface area (Å²) in [5.41, 5.74) is 0.0772. The van der Waals surface area contributed by atoms with Crippen molar-refractivity contribution in [1.29, 1.82) is 0 Å². The molecule has 5 heteroatoms. The van der Waals surface area contributed by atoms with Crippen molar-refractivity contribution in [3.8, 4) is 11.5 Å². The summed E-state index contributed by atoms with van der Waals surface area (Å²) in [5.74, 6) is 0.261. The van der Waals surface area contributed by atoms with E-state index < -0.39 is 11.4 Å². The highest BCUT2D eigenvalue weighted by Crippen LogP contribution is 2.39. The van der Waals surface area contributed by atoms with E-state index in [1.165, 1.54) is 0 Å². The van der Waals surface area contributed by atoms with Gasteiger partial charge >= 0.3 is 5.97 Å². The topological polar surface area (TPSA) is 70.0 Å². The largest absolute Gasteiger partial charge is 0.508 e. The molecule has 1 aliphatic rings. The maximum atomic E-state index is 11.6. The first-order valence-corrected chi connectivity index (χ1v) is 7.20. The Hall–Kier alpha value is -1.75. The average molecular weight is 293 g/mol. The normalized spacial score (nSPS) is 22.7. The van der Waals surface area contributed by atoms with E-state index in [9.17, 15) is 15.0 Å². The number of carbonyl (C=O) groups is 1. The second-order valence-electron chi connectivity index (χ2n) is 6.07. The van der Waals surface area contributed by atoms with Crippen molar-refractivity contribution < 1.29 is 19.7 Å². The monoisotopic (exact) mass is 293 g/mol. The van der Waals surface area contributed by atoms with Crippen molar-refractivity contribution in [3.05, 3.63) is 23.8 Å². The summed E-state index contributed by atoms with van der Waals surface area (Å²) in [5, 5.41) is 19.5. The minimum absolute atomic E-state index is 0.0823. The van der Waals surface area contributed by atoms with Gasteiger partial charge in [-0.1, -0.05) is 13.8 Å². The molecule has 0 amide bonds. The van der Waals surface area contributed by atoms with Gasteiger partial charge in [-0.3, -0.25) is 9.69 Å². The fourth-order valence-electron chi connectivity index (χ4n) is 3.00. The first kappa shape index (κ1) is 15.6. The third-order valence-electron chi connectivity index (χ3n) is 4.59. The van der Waals surface area contributed by atoms with Gasteiger partial charge in [0, 0.05) is 18.7 Å². The van der Waals surface area contributed by atoms with E-state index in [0.29, 0.717) is 25.3 Å². The van der Waals surface area contributed by atoms with Crippen LogP contribution in [0, 0.1) is 11.3 Å². The number of aliphatic carboxylic acids is 1. The van der Waals surface area contributed by atoms with Gasteiger partial charge in [0.05, 0.1) is 12.5 Å². The molecule has 1 aliphatic heterocycles. The summed E-state index contributed by atoms with van der Waals surface area (Å²) in [6.07, 6.45) is 0.644. The molecule has 2 rings (SSSR count). The van der Waals surface area contributed by atoms with Crippen LogP contribution in [0.5, 0.6) is 11.5 Å². The highest BCUT2D eigenvalue weighted by atomic mass is 16.5. The molecule has 1 fully saturated rings. The smallest absolute Gasteiger partial charge is 0.311 e. The number of phenols is 1. The first-order valence-electron chi connectivity index (χ1n) is 7.20. The highest BCUT2D eigenvalue weighted by molar-refractivity contribution is 5.75. The number of methoxy groups -OCH3 is 1. The molecule has 1 saturated heterocycles. The number of carboxylic acids is 1. The Labute approximate surface area is 125 Å². The maximum Gasteiger partial charge on any atom is 0.311 e. The van der Waals surface area contributed by atoms with Gasteiger partial charge in [0.2, 0.25) is 0 Å². The van der Waals surface area contributed by atoms with E-state index in [4.69, 9.17) is 4.74 Å². The number of ether oxygens (including phenoxy) is 1. The van der Waals surface area contributed by atoms with E-state index in [1.807, 2.05) is 13.8 Å². The molecule has 5 nitrogen and oxygen atoms in total. The van der Waals surface area contributed by atoms with Gasteiger partial charge in [0.25, 0.3) is 0 Å². The van der Waals surface area contributed by atoms with Crippen LogP contribution in [-0.4, -0.2) is 41.3 Å². The second kappa shape index (κ2) is 5.93. The van der Waals surface area contributed by atoms with Crippen LogP contribution in [0.2, 0.25) is 0 Å². The molecular formula is C16H23NO4. The van der Waals surface area contributed by atoms with Gasteiger partial charge in [0.15, 0.2) is 0 Å². The lowest BCUT2D eigenvalue weighted by Gasteiger charge is -2.29.